The van der Waals surface area contributed by atoms with Crippen molar-refractivity contribution in [3.63, 3.8) is 0 Å². The largest absolute Gasteiger partial charge is 0.508 e. The number of alkyl halides is 3. The lowest BCUT2D eigenvalue weighted by Crippen LogP contribution is -1.66. The molecule has 0 aliphatic rings. The first-order chi connectivity index (χ1) is 8.04. The van der Waals surface area contributed by atoms with Crippen LogP contribution in [0, 0.1) is 0 Å². The second-order valence-corrected chi connectivity index (χ2v) is 5.27. The maximum atomic E-state index is 8.63. The number of phenolic OH excluding ortho intramolecular Hbond substituents is 1. The Morgan fingerprint density at radius 1 is 0.941 bits per heavy atom. The number of para-hydroxylation sites is 1. The van der Waals surface area contributed by atoms with Crippen molar-refractivity contribution in [1.82, 2.24) is 0 Å². The van der Waals surface area contributed by atoms with E-state index in [1.54, 1.807) is 24.3 Å². The van der Waals surface area contributed by atoms with Crippen molar-refractivity contribution >= 4 is 34.8 Å². The van der Waals surface area contributed by atoms with Gasteiger partial charge in [0.15, 0.2) is 4.30 Å². The van der Waals surface area contributed by atoms with E-state index >= 15 is 0 Å². The van der Waals surface area contributed by atoms with Gasteiger partial charge in [-0.15, -0.1) is 0 Å². The smallest absolute Gasteiger partial charge is 0.180 e. The van der Waals surface area contributed by atoms with E-state index in [0.717, 1.165) is 0 Å². The highest BCUT2D eigenvalue weighted by Crippen LogP contribution is 2.03. The molecule has 0 amide bonds. The lowest BCUT2D eigenvalue weighted by Gasteiger charge is -1.86. The summed E-state index contributed by atoms with van der Waals surface area (Å²) in [5, 5.41) is 8.63. The second kappa shape index (κ2) is 15.9. The van der Waals surface area contributed by atoms with Crippen LogP contribution in [0.3, 0.4) is 0 Å². The first-order valence-electron chi connectivity index (χ1n) is 5.70. The van der Waals surface area contributed by atoms with E-state index in [2.05, 4.69) is 13.8 Å². The van der Waals surface area contributed by atoms with E-state index in [-0.39, 0.29) is 0 Å². The van der Waals surface area contributed by atoms with Crippen LogP contribution in [0.15, 0.2) is 30.3 Å². The molecule has 0 bridgehead atoms. The quantitative estimate of drug-likeness (QED) is 0.539. The topological polar surface area (TPSA) is 20.2 Å². The van der Waals surface area contributed by atoms with Gasteiger partial charge in [0.2, 0.25) is 0 Å². The fourth-order valence-corrected chi connectivity index (χ4v) is 0.928. The van der Waals surface area contributed by atoms with Crippen LogP contribution in [-0.2, 0) is 0 Å². The minimum Gasteiger partial charge on any atom is -0.508 e. The Bertz CT molecular complexity index is 221. The number of hydrogen-bond donors (Lipinski definition) is 1. The molecule has 1 nitrogen and oxygen atoms in total. The molecule has 4 heteroatoms. The van der Waals surface area contributed by atoms with E-state index in [9.17, 15) is 0 Å². The Labute approximate surface area is 120 Å². The standard InChI is InChI=1S/C6H6O.C6H14.CHCl3/c7-6-4-2-1-3-5-6;1-3-5-6-4-2;2-1(3)4/h1-5,7H;3-6H2,1-2H3;1H. The van der Waals surface area contributed by atoms with Crippen molar-refractivity contribution in [2.24, 2.45) is 0 Å². The lowest BCUT2D eigenvalue weighted by molar-refractivity contribution is 0.475. The Hall–Kier alpha value is -0.110. The van der Waals surface area contributed by atoms with Gasteiger partial charge in [0.1, 0.15) is 5.75 Å². The molecule has 0 aromatic heterocycles. The molecule has 17 heavy (non-hydrogen) atoms. The number of aromatic hydroxyl groups is 1. The summed E-state index contributed by atoms with van der Waals surface area (Å²) in [6, 6.07) is 8.71. The number of phenols is 1. The summed E-state index contributed by atoms with van der Waals surface area (Å²) in [5.74, 6) is 0.322. The monoisotopic (exact) mass is 298 g/mol. The van der Waals surface area contributed by atoms with Crippen LogP contribution < -0.4 is 0 Å². The zero-order valence-electron chi connectivity index (χ0n) is 10.4. The lowest BCUT2D eigenvalue weighted by atomic mass is 10.2. The molecule has 0 aliphatic carbocycles. The summed E-state index contributed by atoms with van der Waals surface area (Å²) in [4.78, 5) is 0. The van der Waals surface area contributed by atoms with E-state index in [4.69, 9.17) is 39.9 Å². The van der Waals surface area contributed by atoms with Crippen molar-refractivity contribution in [2.45, 2.75) is 43.8 Å². The van der Waals surface area contributed by atoms with E-state index in [1.165, 1.54) is 25.7 Å². The molecule has 0 spiro atoms. The molecular weight excluding hydrogens is 279 g/mol. The molecule has 1 aromatic carbocycles. The molecular formula is C13H21Cl3O. The molecule has 0 atom stereocenters. The maximum Gasteiger partial charge on any atom is 0.180 e. The van der Waals surface area contributed by atoms with Crippen LogP contribution in [-0.4, -0.2) is 9.40 Å². The number of hydrogen-bond acceptors (Lipinski definition) is 1. The van der Waals surface area contributed by atoms with Crippen LogP contribution >= 0.6 is 34.8 Å². The third-order valence-corrected chi connectivity index (χ3v) is 1.71. The molecule has 0 radical (unpaired) electrons. The predicted molar refractivity (Wildman–Crippen MR) is 79.3 cm³/mol. The molecule has 0 aliphatic heterocycles. The Kier molecular flexibility index (Phi) is 18.0. The summed E-state index contributed by atoms with van der Waals surface area (Å²) >= 11 is 14.4. The van der Waals surface area contributed by atoms with Gasteiger partial charge in [-0.25, -0.2) is 0 Å². The summed E-state index contributed by atoms with van der Waals surface area (Å²) in [7, 11) is 0. The zero-order chi connectivity index (χ0) is 13.5. The van der Waals surface area contributed by atoms with E-state index in [0.29, 0.717) is 5.75 Å². The maximum absolute atomic E-state index is 8.63. The highest BCUT2D eigenvalue weighted by atomic mass is 35.6. The molecule has 0 saturated carbocycles. The van der Waals surface area contributed by atoms with Gasteiger partial charge in [0.25, 0.3) is 0 Å². The molecule has 1 aromatic rings. The molecule has 0 unspecified atom stereocenters. The van der Waals surface area contributed by atoms with E-state index in [1.807, 2.05) is 6.07 Å². The van der Waals surface area contributed by atoms with Gasteiger partial charge in [-0.1, -0.05) is 92.5 Å². The average Bonchev–Trinajstić information content (AvgIpc) is 2.27. The fraction of sp³-hybridized carbons (Fsp3) is 0.538. The number of unbranched alkanes of at least 4 members (excludes halogenated alkanes) is 3. The fourth-order valence-electron chi connectivity index (χ4n) is 0.928. The van der Waals surface area contributed by atoms with Crippen LogP contribution in [0.4, 0.5) is 0 Å². The average molecular weight is 300 g/mol. The highest BCUT2D eigenvalue weighted by molar-refractivity contribution is 6.63. The van der Waals surface area contributed by atoms with Gasteiger partial charge < -0.3 is 5.11 Å². The third kappa shape index (κ3) is 25.9. The molecule has 1 rings (SSSR count). The summed E-state index contributed by atoms with van der Waals surface area (Å²) in [5.41, 5.74) is 0. The predicted octanol–water partition coefficient (Wildman–Crippen LogP) is 5.97. The first-order valence-corrected chi connectivity index (χ1v) is 7.01. The van der Waals surface area contributed by atoms with Crippen molar-refractivity contribution in [2.75, 3.05) is 0 Å². The SMILES string of the molecule is CCCCCC.ClC(Cl)Cl.Oc1ccccc1. The van der Waals surface area contributed by atoms with Gasteiger partial charge in [0, 0.05) is 0 Å². The zero-order valence-corrected chi connectivity index (χ0v) is 12.6. The van der Waals surface area contributed by atoms with Crippen molar-refractivity contribution in [3.05, 3.63) is 30.3 Å². The van der Waals surface area contributed by atoms with Crippen LogP contribution in [0.5, 0.6) is 5.75 Å². The van der Waals surface area contributed by atoms with Crippen LogP contribution in [0.2, 0.25) is 0 Å². The van der Waals surface area contributed by atoms with Crippen LogP contribution in [0.25, 0.3) is 0 Å². The second-order valence-electron chi connectivity index (χ2n) is 3.29. The van der Waals surface area contributed by atoms with Crippen molar-refractivity contribution < 1.29 is 5.11 Å². The Morgan fingerprint density at radius 2 is 1.29 bits per heavy atom. The minimum absolute atomic E-state index is 0.322. The van der Waals surface area contributed by atoms with E-state index < -0.39 is 4.30 Å². The van der Waals surface area contributed by atoms with Gasteiger partial charge in [-0.3, -0.25) is 0 Å². The van der Waals surface area contributed by atoms with Gasteiger partial charge in [0.05, 0.1) is 0 Å². The van der Waals surface area contributed by atoms with Gasteiger partial charge in [-0.2, -0.15) is 0 Å². The summed E-state index contributed by atoms with van der Waals surface area (Å²) < 4.78 is -0.750. The normalized spacial score (nSPS) is 8.82. The third-order valence-electron chi connectivity index (χ3n) is 1.71. The van der Waals surface area contributed by atoms with Crippen molar-refractivity contribution in [1.29, 1.82) is 0 Å². The Morgan fingerprint density at radius 3 is 1.47 bits per heavy atom. The molecule has 1 N–H and O–H groups in total. The molecule has 0 saturated heterocycles. The molecule has 0 heterocycles. The minimum atomic E-state index is -0.750. The summed E-state index contributed by atoms with van der Waals surface area (Å²) in [6.45, 7) is 4.46. The Balaban J connectivity index is 0. The van der Waals surface area contributed by atoms with Gasteiger partial charge in [-0.05, 0) is 12.1 Å². The molecule has 0 fully saturated rings. The number of halogens is 3. The first kappa shape index (κ1) is 19.2. The summed E-state index contributed by atoms with van der Waals surface area (Å²) in [6.07, 6.45) is 5.54. The number of rotatable bonds is 3. The highest BCUT2D eigenvalue weighted by Gasteiger charge is 1.79. The van der Waals surface area contributed by atoms with Crippen LogP contribution in [0.1, 0.15) is 39.5 Å². The molecule has 100 valence electrons. The van der Waals surface area contributed by atoms with Crippen molar-refractivity contribution in [3.8, 4) is 5.75 Å². The number of benzene rings is 1. The van der Waals surface area contributed by atoms with Gasteiger partial charge >= 0.3 is 0 Å².